The van der Waals surface area contributed by atoms with Crippen LogP contribution in [0.5, 0.6) is 0 Å². The predicted molar refractivity (Wildman–Crippen MR) is 48.0 cm³/mol. The van der Waals surface area contributed by atoms with E-state index in [2.05, 4.69) is 6.58 Å². The minimum Gasteiger partial charge on any atom is -0.380 e. The molecule has 1 aliphatic heterocycles. The lowest BCUT2D eigenvalue weighted by Crippen LogP contribution is -2.27. The van der Waals surface area contributed by atoms with Gasteiger partial charge in [-0.3, -0.25) is 4.79 Å². The van der Waals surface area contributed by atoms with Crippen LogP contribution in [0.1, 0.15) is 25.7 Å². The molecule has 0 bridgehead atoms. The molecule has 68 valence electrons. The van der Waals surface area contributed by atoms with Crippen LogP contribution in [0, 0.1) is 5.92 Å². The number of allylic oxidation sites excluding steroid dienone is 1. The lowest BCUT2D eigenvalue weighted by atomic mass is 9.95. The second-order valence-electron chi connectivity index (χ2n) is 3.21. The van der Waals surface area contributed by atoms with E-state index in [0.29, 0.717) is 25.4 Å². The van der Waals surface area contributed by atoms with E-state index < -0.39 is 0 Å². The summed E-state index contributed by atoms with van der Waals surface area (Å²) >= 11 is 0. The van der Waals surface area contributed by atoms with Gasteiger partial charge in [-0.2, -0.15) is 0 Å². The van der Waals surface area contributed by atoms with Crippen molar-refractivity contribution < 1.29 is 9.53 Å². The van der Waals surface area contributed by atoms with Crippen molar-refractivity contribution in [2.24, 2.45) is 5.92 Å². The standard InChI is InChI=1S/C10H16O2/c1-2-3-4-5-9-8-12-7-6-10(9)11/h2,9H,1,3-8H2/t9-/m0/s1. The van der Waals surface area contributed by atoms with Crippen molar-refractivity contribution in [1.29, 1.82) is 0 Å². The van der Waals surface area contributed by atoms with Gasteiger partial charge in [0.2, 0.25) is 0 Å². The van der Waals surface area contributed by atoms with E-state index in [9.17, 15) is 4.79 Å². The molecule has 0 spiro atoms. The van der Waals surface area contributed by atoms with Crippen LogP contribution < -0.4 is 0 Å². The van der Waals surface area contributed by atoms with Gasteiger partial charge in [0, 0.05) is 12.3 Å². The number of hydrogen-bond donors (Lipinski definition) is 0. The van der Waals surface area contributed by atoms with Gasteiger partial charge in [0.15, 0.2) is 0 Å². The summed E-state index contributed by atoms with van der Waals surface area (Å²) in [4.78, 5) is 11.3. The number of ketones is 1. The van der Waals surface area contributed by atoms with E-state index in [1.54, 1.807) is 0 Å². The Bertz CT molecular complexity index is 163. The van der Waals surface area contributed by atoms with Crippen molar-refractivity contribution in [2.75, 3.05) is 13.2 Å². The van der Waals surface area contributed by atoms with Crippen molar-refractivity contribution in [3.8, 4) is 0 Å². The number of hydrogen-bond acceptors (Lipinski definition) is 2. The van der Waals surface area contributed by atoms with Gasteiger partial charge in [-0.25, -0.2) is 0 Å². The van der Waals surface area contributed by atoms with E-state index >= 15 is 0 Å². The maximum Gasteiger partial charge on any atom is 0.140 e. The van der Waals surface area contributed by atoms with Crippen molar-refractivity contribution in [1.82, 2.24) is 0 Å². The van der Waals surface area contributed by atoms with Gasteiger partial charge in [-0.1, -0.05) is 6.08 Å². The van der Waals surface area contributed by atoms with Crippen LogP contribution in [0.3, 0.4) is 0 Å². The lowest BCUT2D eigenvalue weighted by Gasteiger charge is -2.20. The largest absolute Gasteiger partial charge is 0.380 e. The van der Waals surface area contributed by atoms with Gasteiger partial charge >= 0.3 is 0 Å². The first-order chi connectivity index (χ1) is 5.84. The first-order valence-electron chi connectivity index (χ1n) is 4.56. The molecule has 1 aliphatic rings. The van der Waals surface area contributed by atoms with Gasteiger partial charge in [0.05, 0.1) is 13.2 Å². The van der Waals surface area contributed by atoms with Crippen molar-refractivity contribution in [3.63, 3.8) is 0 Å². The Kier molecular flexibility index (Phi) is 4.01. The second kappa shape index (κ2) is 5.09. The highest BCUT2D eigenvalue weighted by atomic mass is 16.5. The summed E-state index contributed by atoms with van der Waals surface area (Å²) in [7, 11) is 0. The van der Waals surface area contributed by atoms with Crippen LogP contribution >= 0.6 is 0 Å². The Hall–Kier alpha value is -0.630. The minimum absolute atomic E-state index is 0.165. The number of Topliss-reactive ketones (excluding diaryl/α,β-unsaturated/α-hetero) is 1. The van der Waals surface area contributed by atoms with Crippen LogP contribution in [-0.2, 0) is 9.53 Å². The van der Waals surface area contributed by atoms with Crippen molar-refractivity contribution in [3.05, 3.63) is 12.7 Å². The zero-order valence-corrected chi connectivity index (χ0v) is 7.42. The fourth-order valence-corrected chi connectivity index (χ4v) is 1.45. The number of ether oxygens (including phenoxy) is 1. The van der Waals surface area contributed by atoms with Gasteiger partial charge in [0.25, 0.3) is 0 Å². The van der Waals surface area contributed by atoms with Crippen molar-refractivity contribution in [2.45, 2.75) is 25.7 Å². The van der Waals surface area contributed by atoms with Gasteiger partial charge < -0.3 is 4.74 Å². The summed E-state index contributed by atoms with van der Waals surface area (Å²) in [5, 5.41) is 0. The molecule has 1 saturated heterocycles. The summed E-state index contributed by atoms with van der Waals surface area (Å²) in [6, 6.07) is 0. The highest BCUT2D eigenvalue weighted by Crippen LogP contribution is 2.16. The molecule has 0 unspecified atom stereocenters. The van der Waals surface area contributed by atoms with E-state index in [1.807, 2.05) is 6.08 Å². The highest BCUT2D eigenvalue weighted by Gasteiger charge is 2.21. The van der Waals surface area contributed by atoms with Crippen LogP contribution in [0.2, 0.25) is 0 Å². The fraction of sp³-hybridized carbons (Fsp3) is 0.700. The molecule has 12 heavy (non-hydrogen) atoms. The summed E-state index contributed by atoms with van der Waals surface area (Å²) in [6.07, 6.45) is 5.53. The third kappa shape index (κ3) is 2.78. The molecule has 0 saturated carbocycles. The first-order valence-corrected chi connectivity index (χ1v) is 4.56. The smallest absolute Gasteiger partial charge is 0.140 e. The third-order valence-corrected chi connectivity index (χ3v) is 2.23. The minimum atomic E-state index is 0.165. The Morgan fingerprint density at radius 3 is 3.17 bits per heavy atom. The lowest BCUT2D eigenvalue weighted by molar-refractivity contribution is -0.130. The molecule has 0 amide bonds. The van der Waals surface area contributed by atoms with Gasteiger partial charge in [-0.15, -0.1) is 6.58 Å². The molecular formula is C10H16O2. The van der Waals surface area contributed by atoms with E-state index in [0.717, 1.165) is 19.3 Å². The van der Waals surface area contributed by atoms with E-state index in [4.69, 9.17) is 4.74 Å². The summed E-state index contributed by atoms with van der Waals surface area (Å²) < 4.78 is 5.24. The average Bonchev–Trinajstić information content (AvgIpc) is 2.09. The number of carbonyl (C=O) groups excluding carboxylic acids is 1. The molecule has 2 heteroatoms. The molecule has 1 heterocycles. The third-order valence-electron chi connectivity index (χ3n) is 2.23. The molecule has 0 aromatic carbocycles. The summed E-state index contributed by atoms with van der Waals surface area (Å²) in [5.74, 6) is 0.545. The zero-order chi connectivity index (χ0) is 8.81. The molecule has 0 N–H and O–H groups in total. The molecule has 0 aromatic heterocycles. The summed E-state index contributed by atoms with van der Waals surface area (Å²) in [5.41, 5.74) is 0. The Balaban J connectivity index is 2.20. The van der Waals surface area contributed by atoms with Crippen LogP contribution in [0.25, 0.3) is 0 Å². The molecule has 0 radical (unpaired) electrons. The zero-order valence-electron chi connectivity index (χ0n) is 7.42. The maximum atomic E-state index is 11.3. The Morgan fingerprint density at radius 1 is 1.67 bits per heavy atom. The van der Waals surface area contributed by atoms with Crippen molar-refractivity contribution >= 4 is 5.78 Å². The topological polar surface area (TPSA) is 26.3 Å². The number of unbranched alkanes of at least 4 members (excludes halogenated alkanes) is 1. The Labute approximate surface area is 73.6 Å². The van der Waals surface area contributed by atoms with E-state index in [1.165, 1.54) is 0 Å². The van der Waals surface area contributed by atoms with Crippen LogP contribution in [0.4, 0.5) is 0 Å². The molecule has 0 aliphatic carbocycles. The average molecular weight is 168 g/mol. The maximum absolute atomic E-state index is 11.3. The van der Waals surface area contributed by atoms with E-state index in [-0.39, 0.29) is 5.92 Å². The van der Waals surface area contributed by atoms with Crippen LogP contribution in [0.15, 0.2) is 12.7 Å². The molecule has 1 atom stereocenters. The van der Waals surface area contributed by atoms with Crippen LogP contribution in [-0.4, -0.2) is 19.0 Å². The SMILES string of the molecule is C=CCCC[C@H]1COCCC1=O. The highest BCUT2D eigenvalue weighted by molar-refractivity contribution is 5.81. The fourth-order valence-electron chi connectivity index (χ4n) is 1.45. The molecule has 0 aromatic rings. The predicted octanol–water partition coefficient (Wildman–Crippen LogP) is 1.95. The molecular weight excluding hydrogens is 152 g/mol. The molecule has 1 fully saturated rings. The van der Waals surface area contributed by atoms with Gasteiger partial charge in [-0.05, 0) is 19.3 Å². The number of rotatable bonds is 4. The number of carbonyl (C=O) groups is 1. The van der Waals surface area contributed by atoms with Gasteiger partial charge in [0.1, 0.15) is 5.78 Å². The Morgan fingerprint density at radius 2 is 2.50 bits per heavy atom. The molecule has 1 rings (SSSR count). The first kappa shape index (κ1) is 9.46. The second-order valence-corrected chi connectivity index (χ2v) is 3.21. The monoisotopic (exact) mass is 168 g/mol. The quantitative estimate of drug-likeness (QED) is 0.473. The molecule has 2 nitrogen and oxygen atoms in total. The normalized spacial score (nSPS) is 24.0. The summed E-state index contributed by atoms with van der Waals surface area (Å²) in [6.45, 7) is 4.90.